The fourth-order valence-corrected chi connectivity index (χ4v) is 6.38. The summed E-state index contributed by atoms with van der Waals surface area (Å²) in [4.78, 5) is 3.61. The monoisotopic (exact) mass is 271 g/mol. The molecule has 3 aliphatic rings. The summed E-state index contributed by atoms with van der Waals surface area (Å²) in [7, 11) is -2.59. The van der Waals surface area contributed by atoms with Gasteiger partial charge in [-0.25, -0.2) is 0 Å². The maximum atomic E-state index is 6.00. The number of rotatable bonds is 1. The van der Waals surface area contributed by atoms with E-state index in [0.717, 1.165) is 24.1 Å². The van der Waals surface area contributed by atoms with E-state index in [9.17, 15) is 0 Å². The van der Waals surface area contributed by atoms with Crippen LogP contribution in [0.5, 0.6) is 0 Å². The van der Waals surface area contributed by atoms with Crippen LogP contribution in [0.2, 0.25) is 0 Å². The summed E-state index contributed by atoms with van der Waals surface area (Å²) < 4.78 is 19.2. The predicted octanol–water partition coefficient (Wildman–Crippen LogP) is 0.581. The molecule has 94 valence electrons. The first-order chi connectivity index (χ1) is 8.28. The van der Waals surface area contributed by atoms with Gasteiger partial charge >= 0.3 is 8.80 Å². The normalized spacial score (nSPS) is 34.1. The van der Waals surface area contributed by atoms with Gasteiger partial charge < -0.3 is 13.3 Å². The van der Waals surface area contributed by atoms with E-state index in [1.165, 1.54) is 4.88 Å². The molecule has 4 heterocycles. The molecule has 0 aliphatic carbocycles. The summed E-state index contributed by atoms with van der Waals surface area (Å²) in [5.74, 6) is 0. The Morgan fingerprint density at radius 3 is 2.12 bits per heavy atom. The summed E-state index contributed by atoms with van der Waals surface area (Å²) in [6.45, 7) is 7.21. The first kappa shape index (κ1) is 11.8. The first-order valence-electron chi connectivity index (χ1n) is 6.00. The number of nitrogens with zero attached hydrogens (tertiary/aromatic N) is 1. The molecule has 0 radical (unpaired) electrons. The highest BCUT2D eigenvalue weighted by Crippen LogP contribution is 2.19. The van der Waals surface area contributed by atoms with E-state index in [-0.39, 0.29) is 0 Å². The lowest BCUT2D eigenvalue weighted by atomic mass is 10.4. The molecule has 0 atom stereocenters. The summed E-state index contributed by atoms with van der Waals surface area (Å²) in [5, 5.41) is 0. The largest absolute Gasteiger partial charge is 0.547 e. The molecular formula is C11H17NO3SSi. The molecule has 3 saturated heterocycles. The molecule has 0 amide bonds. The van der Waals surface area contributed by atoms with E-state index < -0.39 is 8.80 Å². The Kier molecular flexibility index (Phi) is 3.33. The van der Waals surface area contributed by atoms with Crippen molar-refractivity contribution in [3.8, 4) is 0 Å². The van der Waals surface area contributed by atoms with Gasteiger partial charge in [-0.05, 0) is 19.1 Å². The van der Waals surface area contributed by atoms with E-state index in [1.54, 1.807) is 11.3 Å². The van der Waals surface area contributed by atoms with Gasteiger partial charge in [0.25, 0.3) is 0 Å². The lowest BCUT2D eigenvalue weighted by Crippen LogP contribution is -2.61. The molecule has 17 heavy (non-hydrogen) atoms. The van der Waals surface area contributed by atoms with Crippen LogP contribution in [0.3, 0.4) is 0 Å². The molecule has 4 nitrogen and oxygen atoms in total. The van der Waals surface area contributed by atoms with Crippen molar-refractivity contribution in [1.29, 1.82) is 0 Å². The molecule has 0 saturated carbocycles. The van der Waals surface area contributed by atoms with Crippen molar-refractivity contribution in [2.75, 3.05) is 39.5 Å². The molecule has 1 aromatic heterocycles. The smallest absolute Gasteiger partial charge is 0.368 e. The third kappa shape index (κ3) is 2.33. The minimum absolute atomic E-state index is 0.711. The second kappa shape index (κ2) is 4.79. The fourth-order valence-electron chi connectivity index (χ4n) is 2.20. The number of aryl methyl sites for hydroxylation is 1. The van der Waals surface area contributed by atoms with Crippen LogP contribution >= 0.6 is 11.3 Å². The molecular weight excluding hydrogens is 254 g/mol. The third-order valence-electron chi connectivity index (χ3n) is 3.14. The summed E-state index contributed by atoms with van der Waals surface area (Å²) in [5.41, 5.74) is 0. The first-order valence-corrected chi connectivity index (χ1v) is 8.54. The minimum Gasteiger partial charge on any atom is -0.368 e. The van der Waals surface area contributed by atoms with Crippen LogP contribution < -0.4 is 4.50 Å². The topological polar surface area (TPSA) is 30.9 Å². The zero-order valence-corrected chi connectivity index (χ0v) is 11.8. The Bertz CT molecular complexity index is 371. The zero-order valence-electron chi connectivity index (χ0n) is 9.98. The second-order valence-corrected chi connectivity index (χ2v) is 8.52. The SMILES string of the molecule is Cc1ccc([Si]23OCCN(CCO2)CCO3)s1. The number of thiophene rings is 1. The number of fused-ring (bicyclic) bond motifs is 6. The van der Waals surface area contributed by atoms with E-state index in [0.29, 0.717) is 19.8 Å². The quantitative estimate of drug-likeness (QED) is 0.699. The Balaban J connectivity index is 1.91. The van der Waals surface area contributed by atoms with E-state index in [4.69, 9.17) is 13.3 Å². The van der Waals surface area contributed by atoms with Gasteiger partial charge in [0.2, 0.25) is 0 Å². The highest BCUT2D eigenvalue weighted by molar-refractivity contribution is 7.24. The number of hydrogen-bond donors (Lipinski definition) is 0. The van der Waals surface area contributed by atoms with Gasteiger partial charge in [-0.15, -0.1) is 11.3 Å². The van der Waals surface area contributed by atoms with Crippen molar-refractivity contribution in [1.82, 2.24) is 4.90 Å². The van der Waals surface area contributed by atoms with Crippen LogP contribution in [0.15, 0.2) is 12.1 Å². The average molecular weight is 271 g/mol. The Labute approximate surface area is 106 Å². The standard InChI is InChI=1S/C11H17NO3SSi/c1-10-2-3-11(16-10)17-13-7-4-12(5-8-14-17)6-9-15-17/h2-3H,4-9H2,1H3. The van der Waals surface area contributed by atoms with Crippen LogP contribution in [0.25, 0.3) is 0 Å². The van der Waals surface area contributed by atoms with Crippen molar-refractivity contribution in [2.45, 2.75) is 6.92 Å². The van der Waals surface area contributed by atoms with Crippen LogP contribution in [0, 0.1) is 6.92 Å². The van der Waals surface area contributed by atoms with E-state index in [1.807, 2.05) is 0 Å². The summed E-state index contributed by atoms with van der Waals surface area (Å²) in [6, 6.07) is 4.22. The second-order valence-electron chi connectivity index (χ2n) is 4.35. The summed E-state index contributed by atoms with van der Waals surface area (Å²) >= 11 is 1.74. The Hall–Kier alpha value is -0.243. The molecule has 6 heteroatoms. The molecule has 2 bridgehead atoms. The maximum absolute atomic E-state index is 6.00. The maximum Gasteiger partial charge on any atom is 0.547 e. The van der Waals surface area contributed by atoms with Gasteiger partial charge in [0.15, 0.2) is 0 Å². The van der Waals surface area contributed by atoms with Crippen molar-refractivity contribution in [3.63, 3.8) is 0 Å². The molecule has 0 aromatic carbocycles. The molecule has 0 N–H and O–H groups in total. The van der Waals surface area contributed by atoms with Gasteiger partial charge in [-0.3, -0.25) is 4.90 Å². The molecule has 0 unspecified atom stereocenters. The van der Waals surface area contributed by atoms with Crippen molar-refractivity contribution in [3.05, 3.63) is 17.0 Å². The van der Waals surface area contributed by atoms with Gasteiger partial charge in [0.1, 0.15) is 0 Å². The summed E-state index contributed by atoms with van der Waals surface area (Å²) in [6.07, 6.45) is 0. The van der Waals surface area contributed by atoms with Gasteiger partial charge in [0.05, 0.1) is 24.3 Å². The average Bonchev–Trinajstić information content (AvgIpc) is 2.63. The van der Waals surface area contributed by atoms with Crippen molar-refractivity contribution >= 4 is 24.6 Å². The highest BCUT2D eigenvalue weighted by Gasteiger charge is 2.47. The highest BCUT2D eigenvalue weighted by atomic mass is 32.1. The van der Waals surface area contributed by atoms with Gasteiger partial charge in [0, 0.05) is 24.5 Å². The van der Waals surface area contributed by atoms with Gasteiger partial charge in [-0.2, -0.15) is 0 Å². The van der Waals surface area contributed by atoms with E-state index in [2.05, 4.69) is 24.0 Å². The molecule has 0 spiro atoms. The predicted molar refractivity (Wildman–Crippen MR) is 68.7 cm³/mol. The Morgan fingerprint density at radius 2 is 1.65 bits per heavy atom. The van der Waals surface area contributed by atoms with Crippen molar-refractivity contribution in [2.24, 2.45) is 0 Å². The molecule has 4 rings (SSSR count). The molecule has 3 aliphatic heterocycles. The lowest BCUT2D eigenvalue weighted by Gasteiger charge is -2.37. The lowest BCUT2D eigenvalue weighted by molar-refractivity contribution is 0.00188. The van der Waals surface area contributed by atoms with Crippen molar-refractivity contribution < 1.29 is 13.3 Å². The van der Waals surface area contributed by atoms with E-state index >= 15 is 0 Å². The zero-order chi connectivity index (χ0) is 11.7. The number of hydrogen-bond acceptors (Lipinski definition) is 5. The minimum atomic E-state index is -2.59. The fraction of sp³-hybridized carbons (Fsp3) is 0.636. The van der Waals surface area contributed by atoms with Gasteiger partial charge in [-0.1, -0.05) is 0 Å². The molecule has 1 aromatic rings. The molecule has 3 fully saturated rings. The van der Waals surface area contributed by atoms with Crippen LogP contribution in [0.4, 0.5) is 0 Å². The van der Waals surface area contributed by atoms with Crippen LogP contribution in [0.1, 0.15) is 4.88 Å². The van der Waals surface area contributed by atoms with Crippen LogP contribution in [-0.4, -0.2) is 53.2 Å². The van der Waals surface area contributed by atoms with Crippen LogP contribution in [-0.2, 0) is 13.3 Å². The third-order valence-corrected chi connectivity index (χ3v) is 7.53. The Morgan fingerprint density at radius 1 is 1.06 bits per heavy atom.